The standard InChI is InChI=1S/C11H17N3O3S/c1-2-8(5-10(15)16)6-13-11(17)14-7-9-12-3-4-18-9/h3-4,8H,2,5-7H2,1H3,(H,15,16)(H2,13,14,17). The Balaban J connectivity index is 2.21. The molecule has 0 saturated heterocycles. The molecule has 18 heavy (non-hydrogen) atoms. The largest absolute Gasteiger partial charge is 0.481 e. The molecular formula is C11H17N3O3S. The Morgan fingerprint density at radius 2 is 2.28 bits per heavy atom. The predicted octanol–water partition coefficient (Wildman–Crippen LogP) is 1.44. The summed E-state index contributed by atoms with van der Waals surface area (Å²) in [5.41, 5.74) is 0. The fraction of sp³-hybridized carbons (Fsp3) is 0.545. The Labute approximate surface area is 109 Å². The van der Waals surface area contributed by atoms with Crippen molar-refractivity contribution in [2.45, 2.75) is 26.3 Å². The topological polar surface area (TPSA) is 91.3 Å². The zero-order valence-corrected chi connectivity index (χ0v) is 11.0. The molecule has 0 saturated carbocycles. The molecule has 6 nitrogen and oxygen atoms in total. The summed E-state index contributed by atoms with van der Waals surface area (Å²) in [5, 5.41) is 16.7. The predicted molar refractivity (Wildman–Crippen MR) is 68.4 cm³/mol. The van der Waals surface area contributed by atoms with Crippen LogP contribution in [0.1, 0.15) is 24.8 Å². The molecule has 0 aromatic carbocycles. The van der Waals surface area contributed by atoms with Gasteiger partial charge < -0.3 is 15.7 Å². The first-order valence-corrected chi connectivity index (χ1v) is 6.61. The number of thiazole rings is 1. The van der Waals surface area contributed by atoms with Gasteiger partial charge in [-0.3, -0.25) is 4.79 Å². The normalized spacial score (nSPS) is 11.8. The summed E-state index contributed by atoms with van der Waals surface area (Å²) in [5.74, 6) is -0.875. The van der Waals surface area contributed by atoms with E-state index >= 15 is 0 Å². The van der Waals surface area contributed by atoms with Crippen LogP contribution in [0.15, 0.2) is 11.6 Å². The minimum atomic E-state index is -0.841. The molecule has 1 heterocycles. The van der Waals surface area contributed by atoms with Gasteiger partial charge in [0.25, 0.3) is 0 Å². The maximum atomic E-state index is 11.5. The molecule has 1 aromatic heterocycles. The third kappa shape index (κ3) is 5.62. The monoisotopic (exact) mass is 271 g/mol. The van der Waals surface area contributed by atoms with E-state index in [1.807, 2.05) is 12.3 Å². The van der Waals surface area contributed by atoms with E-state index in [1.54, 1.807) is 6.20 Å². The minimum Gasteiger partial charge on any atom is -0.481 e. The molecule has 0 aliphatic carbocycles. The number of carbonyl (C=O) groups is 2. The fourth-order valence-electron chi connectivity index (χ4n) is 1.40. The molecule has 1 unspecified atom stereocenters. The molecule has 3 N–H and O–H groups in total. The van der Waals surface area contributed by atoms with E-state index in [-0.39, 0.29) is 18.4 Å². The lowest BCUT2D eigenvalue weighted by molar-refractivity contribution is -0.138. The Kier molecular flexibility index (Phi) is 6.13. The number of carbonyl (C=O) groups excluding carboxylic acids is 1. The zero-order chi connectivity index (χ0) is 13.4. The van der Waals surface area contributed by atoms with Crippen LogP contribution in [0.5, 0.6) is 0 Å². The van der Waals surface area contributed by atoms with E-state index in [4.69, 9.17) is 5.11 Å². The van der Waals surface area contributed by atoms with E-state index in [2.05, 4.69) is 15.6 Å². The van der Waals surface area contributed by atoms with E-state index in [0.29, 0.717) is 13.1 Å². The lowest BCUT2D eigenvalue weighted by Crippen LogP contribution is -2.38. The van der Waals surface area contributed by atoms with Crippen molar-refractivity contribution in [3.05, 3.63) is 16.6 Å². The maximum Gasteiger partial charge on any atom is 0.315 e. The van der Waals surface area contributed by atoms with Crippen LogP contribution < -0.4 is 10.6 Å². The number of urea groups is 1. The average molecular weight is 271 g/mol. The van der Waals surface area contributed by atoms with Gasteiger partial charge in [0, 0.05) is 24.5 Å². The third-order valence-electron chi connectivity index (χ3n) is 2.48. The lowest BCUT2D eigenvalue weighted by atomic mass is 10.0. The molecule has 7 heteroatoms. The number of aromatic nitrogens is 1. The first-order chi connectivity index (χ1) is 8.61. The molecule has 100 valence electrons. The quantitative estimate of drug-likeness (QED) is 0.700. The van der Waals surface area contributed by atoms with Gasteiger partial charge in [0.1, 0.15) is 5.01 Å². The second kappa shape index (κ2) is 7.65. The average Bonchev–Trinajstić information content (AvgIpc) is 2.84. The van der Waals surface area contributed by atoms with Crippen molar-refractivity contribution in [3.8, 4) is 0 Å². The molecule has 0 aliphatic rings. The zero-order valence-electron chi connectivity index (χ0n) is 10.2. The molecule has 1 rings (SSSR count). The number of hydrogen-bond donors (Lipinski definition) is 3. The van der Waals surface area contributed by atoms with Gasteiger partial charge >= 0.3 is 12.0 Å². The highest BCUT2D eigenvalue weighted by molar-refractivity contribution is 7.09. The van der Waals surface area contributed by atoms with Gasteiger partial charge in [0.05, 0.1) is 6.54 Å². The molecule has 1 aromatic rings. The Morgan fingerprint density at radius 3 is 2.83 bits per heavy atom. The smallest absolute Gasteiger partial charge is 0.315 e. The summed E-state index contributed by atoms with van der Waals surface area (Å²) in [6.07, 6.45) is 2.47. The Morgan fingerprint density at radius 1 is 1.50 bits per heavy atom. The summed E-state index contributed by atoms with van der Waals surface area (Å²) < 4.78 is 0. The van der Waals surface area contributed by atoms with Crippen LogP contribution >= 0.6 is 11.3 Å². The van der Waals surface area contributed by atoms with Gasteiger partial charge in [-0.1, -0.05) is 13.3 Å². The molecule has 0 spiro atoms. The van der Waals surface area contributed by atoms with E-state index < -0.39 is 5.97 Å². The highest BCUT2D eigenvalue weighted by Crippen LogP contribution is 2.06. The van der Waals surface area contributed by atoms with Crippen molar-refractivity contribution >= 4 is 23.3 Å². The Hall–Kier alpha value is -1.63. The molecule has 0 fully saturated rings. The number of carboxylic acid groups (broad SMARTS) is 1. The van der Waals surface area contributed by atoms with Crippen molar-refractivity contribution in [1.82, 2.24) is 15.6 Å². The van der Waals surface area contributed by atoms with Crippen molar-refractivity contribution in [3.63, 3.8) is 0 Å². The minimum absolute atomic E-state index is 0.0342. The van der Waals surface area contributed by atoms with Crippen molar-refractivity contribution < 1.29 is 14.7 Å². The van der Waals surface area contributed by atoms with Crippen molar-refractivity contribution in [2.75, 3.05) is 6.54 Å². The van der Waals surface area contributed by atoms with E-state index in [0.717, 1.165) is 11.4 Å². The third-order valence-corrected chi connectivity index (χ3v) is 3.26. The number of carboxylic acids is 1. The van der Waals surface area contributed by atoms with Crippen LogP contribution in [0.4, 0.5) is 4.79 Å². The van der Waals surface area contributed by atoms with Gasteiger partial charge in [-0.05, 0) is 5.92 Å². The van der Waals surface area contributed by atoms with Gasteiger partial charge in [-0.15, -0.1) is 11.3 Å². The van der Waals surface area contributed by atoms with Crippen LogP contribution in [0.3, 0.4) is 0 Å². The highest BCUT2D eigenvalue weighted by Gasteiger charge is 2.12. The summed E-state index contributed by atoms with van der Waals surface area (Å²) in [7, 11) is 0. The van der Waals surface area contributed by atoms with Gasteiger partial charge in [-0.2, -0.15) is 0 Å². The van der Waals surface area contributed by atoms with E-state index in [9.17, 15) is 9.59 Å². The highest BCUT2D eigenvalue weighted by atomic mass is 32.1. The number of rotatable bonds is 7. The van der Waals surface area contributed by atoms with Crippen LogP contribution in [0.25, 0.3) is 0 Å². The summed E-state index contributed by atoms with van der Waals surface area (Å²) >= 11 is 1.47. The number of nitrogens with one attached hydrogen (secondary N) is 2. The van der Waals surface area contributed by atoms with Crippen molar-refractivity contribution in [2.24, 2.45) is 5.92 Å². The number of aliphatic carboxylic acids is 1. The molecule has 0 radical (unpaired) electrons. The summed E-state index contributed by atoms with van der Waals surface area (Å²) in [6, 6.07) is -0.297. The maximum absolute atomic E-state index is 11.5. The molecule has 1 atom stereocenters. The number of hydrogen-bond acceptors (Lipinski definition) is 4. The van der Waals surface area contributed by atoms with Crippen LogP contribution in [-0.2, 0) is 11.3 Å². The molecule has 2 amide bonds. The van der Waals surface area contributed by atoms with Crippen LogP contribution in [0.2, 0.25) is 0 Å². The lowest BCUT2D eigenvalue weighted by Gasteiger charge is -2.13. The van der Waals surface area contributed by atoms with E-state index in [1.165, 1.54) is 11.3 Å². The number of nitrogens with zero attached hydrogens (tertiary/aromatic N) is 1. The first kappa shape index (κ1) is 14.4. The van der Waals surface area contributed by atoms with Gasteiger partial charge in [0.2, 0.25) is 0 Å². The molecule has 0 bridgehead atoms. The second-order valence-corrected chi connectivity index (χ2v) is 4.84. The first-order valence-electron chi connectivity index (χ1n) is 5.73. The SMILES string of the molecule is CCC(CNC(=O)NCc1nccs1)CC(=O)O. The summed E-state index contributed by atoms with van der Waals surface area (Å²) in [4.78, 5) is 26.0. The van der Waals surface area contributed by atoms with Gasteiger partial charge in [0.15, 0.2) is 0 Å². The Bertz CT molecular complexity index is 381. The number of amides is 2. The summed E-state index contributed by atoms with van der Waals surface area (Å²) in [6.45, 7) is 2.66. The van der Waals surface area contributed by atoms with Crippen LogP contribution in [0, 0.1) is 5.92 Å². The fourth-order valence-corrected chi connectivity index (χ4v) is 1.96. The van der Waals surface area contributed by atoms with Crippen molar-refractivity contribution in [1.29, 1.82) is 0 Å². The van der Waals surface area contributed by atoms with Crippen LogP contribution in [-0.4, -0.2) is 28.6 Å². The molecule has 0 aliphatic heterocycles. The van der Waals surface area contributed by atoms with Gasteiger partial charge in [-0.25, -0.2) is 9.78 Å². The second-order valence-electron chi connectivity index (χ2n) is 3.86. The molecular weight excluding hydrogens is 254 g/mol.